The average Bonchev–Trinajstić information content (AvgIpc) is 3.23. The smallest absolute Gasteiger partial charge is 0.335 e. The molecule has 4 fully saturated rings. The Labute approximate surface area is 250 Å². The summed E-state index contributed by atoms with van der Waals surface area (Å²) < 4.78 is 22.8. The Morgan fingerprint density at radius 3 is 2.42 bits per heavy atom. The van der Waals surface area contributed by atoms with Crippen molar-refractivity contribution in [3.63, 3.8) is 0 Å². The van der Waals surface area contributed by atoms with Crippen molar-refractivity contribution in [3.8, 4) is 0 Å². The van der Waals surface area contributed by atoms with Crippen molar-refractivity contribution < 1.29 is 49.0 Å². The van der Waals surface area contributed by atoms with Crippen molar-refractivity contribution >= 4 is 5.97 Å². The second kappa shape index (κ2) is 10.5. The van der Waals surface area contributed by atoms with Crippen LogP contribution in [-0.4, -0.2) is 85.6 Å². The van der Waals surface area contributed by atoms with E-state index in [1.807, 2.05) is 13.0 Å². The standard InChI is InChI=1S/C32H44O11/c1-16-25(35)26(36)27(37)28(41-16)43-19-7-10-29(3)21(13-19)22(42-17(2)33)14-31(38)23(29)9-11-30(4)20(8-12-32(30,31)39)18-5-6-24(34)40-15-18/h5-6,13,15-16,19-20,22-23,25-28,35-39H,7-12,14H2,1-4H3/t16-,19-,20+,22+,23+,25-,26+,27+,28-,29-,30+,31-,32+/m0/s1. The van der Waals surface area contributed by atoms with Gasteiger partial charge in [0.2, 0.25) is 0 Å². The third-order valence-electron chi connectivity index (χ3n) is 11.9. The van der Waals surface area contributed by atoms with Gasteiger partial charge in [0.15, 0.2) is 6.29 Å². The third kappa shape index (κ3) is 4.49. The molecule has 43 heavy (non-hydrogen) atoms. The van der Waals surface area contributed by atoms with Gasteiger partial charge >= 0.3 is 11.6 Å². The van der Waals surface area contributed by atoms with Crippen LogP contribution >= 0.6 is 0 Å². The summed E-state index contributed by atoms with van der Waals surface area (Å²) in [6.45, 7) is 6.97. The SMILES string of the molecule is CC(=O)O[C@@H]1C[C@]2(O)[C@H](CC[C@]3(C)[C@@H](c4ccc(=O)oc4)CC[C@@]32O)[C@@]2(C)CC[C@H](O[C@@H]3O[C@@H](C)[C@H](O)[C@@H](O)[C@H]3O)C=C12. The van der Waals surface area contributed by atoms with Gasteiger partial charge < -0.3 is 44.2 Å². The van der Waals surface area contributed by atoms with E-state index in [1.165, 1.54) is 19.3 Å². The lowest BCUT2D eigenvalue weighted by Gasteiger charge is -2.66. The molecule has 1 saturated heterocycles. The first-order valence-electron chi connectivity index (χ1n) is 15.4. The molecule has 0 bridgehead atoms. The van der Waals surface area contributed by atoms with Gasteiger partial charge in [-0.25, -0.2) is 4.79 Å². The van der Waals surface area contributed by atoms with Gasteiger partial charge in [0, 0.05) is 24.8 Å². The number of carbonyl (C=O) groups is 1. The molecule has 1 aliphatic heterocycles. The zero-order chi connectivity index (χ0) is 31.1. The minimum Gasteiger partial charge on any atom is -0.458 e. The normalized spacial score (nSPS) is 49.3. The number of rotatable bonds is 4. The van der Waals surface area contributed by atoms with Gasteiger partial charge in [-0.3, -0.25) is 4.79 Å². The molecule has 238 valence electrons. The number of hydrogen-bond acceptors (Lipinski definition) is 11. The van der Waals surface area contributed by atoms with Crippen LogP contribution in [0.2, 0.25) is 0 Å². The predicted molar refractivity (Wildman–Crippen MR) is 151 cm³/mol. The van der Waals surface area contributed by atoms with E-state index in [9.17, 15) is 35.1 Å². The molecule has 0 amide bonds. The van der Waals surface area contributed by atoms with Crippen LogP contribution in [0.5, 0.6) is 0 Å². The van der Waals surface area contributed by atoms with Gasteiger partial charge in [0.25, 0.3) is 0 Å². The van der Waals surface area contributed by atoms with Crippen molar-refractivity contribution in [1.29, 1.82) is 0 Å². The van der Waals surface area contributed by atoms with Gasteiger partial charge in [0.05, 0.1) is 24.1 Å². The van der Waals surface area contributed by atoms with Crippen LogP contribution in [0.4, 0.5) is 0 Å². The molecule has 1 aromatic rings. The summed E-state index contributed by atoms with van der Waals surface area (Å²) in [5, 5.41) is 56.2. The van der Waals surface area contributed by atoms with Crippen LogP contribution in [0.1, 0.15) is 84.1 Å². The van der Waals surface area contributed by atoms with E-state index in [2.05, 4.69) is 6.92 Å². The van der Waals surface area contributed by atoms with Gasteiger partial charge in [-0.15, -0.1) is 0 Å². The number of aliphatic hydroxyl groups is 5. The Kier molecular flexibility index (Phi) is 7.52. The fourth-order valence-corrected chi connectivity index (χ4v) is 9.58. The van der Waals surface area contributed by atoms with E-state index in [4.69, 9.17) is 18.6 Å². The average molecular weight is 605 g/mol. The first-order valence-corrected chi connectivity index (χ1v) is 15.4. The topological polar surface area (TPSA) is 176 Å². The highest BCUT2D eigenvalue weighted by Gasteiger charge is 2.75. The molecule has 3 saturated carbocycles. The molecule has 4 aliphatic carbocycles. The lowest BCUT2D eigenvalue weighted by Crippen LogP contribution is -2.73. The van der Waals surface area contributed by atoms with E-state index >= 15 is 0 Å². The Morgan fingerprint density at radius 1 is 1.00 bits per heavy atom. The molecule has 11 heteroatoms. The second-order valence-corrected chi connectivity index (χ2v) is 14.0. The summed E-state index contributed by atoms with van der Waals surface area (Å²) in [6.07, 6.45) is -0.765. The number of aliphatic hydroxyl groups excluding tert-OH is 3. The first kappa shape index (κ1) is 30.9. The number of ether oxygens (including phenoxy) is 3. The van der Waals surface area contributed by atoms with Gasteiger partial charge in [0.1, 0.15) is 30.0 Å². The maximum atomic E-state index is 12.7. The Morgan fingerprint density at radius 2 is 1.74 bits per heavy atom. The van der Waals surface area contributed by atoms with Crippen molar-refractivity contribution in [2.45, 2.75) is 133 Å². The Bertz CT molecular complexity index is 1320. The molecular formula is C32H44O11. The molecule has 1 aromatic heterocycles. The molecule has 5 N–H and O–H groups in total. The lowest BCUT2D eigenvalue weighted by molar-refractivity contribution is -0.304. The zero-order valence-corrected chi connectivity index (χ0v) is 25.1. The molecule has 5 aliphatic rings. The summed E-state index contributed by atoms with van der Waals surface area (Å²) in [7, 11) is 0. The van der Waals surface area contributed by atoms with E-state index in [0.29, 0.717) is 38.5 Å². The largest absolute Gasteiger partial charge is 0.458 e. The summed E-state index contributed by atoms with van der Waals surface area (Å²) in [4.78, 5) is 24.0. The molecule has 0 unspecified atom stereocenters. The van der Waals surface area contributed by atoms with Crippen molar-refractivity contribution in [2.24, 2.45) is 16.7 Å². The van der Waals surface area contributed by atoms with E-state index in [0.717, 1.165) is 11.1 Å². The molecule has 6 rings (SSSR count). The maximum Gasteiger partial charge on any atom is 0.335 e. The molecule has 13 atom stereocenters. The first-order chi connectivity index (χ1) is 20.1. The Balaban J connectivity index is 1.34. The number of esters is 1. The highest BCUT2D eigenvalue weighted by atomic mass is 16.7. The van der Waals surface area contributed by atoms with E-state index < -0.39 is 76.5 Å². The van der Waals surface area contributed by atoms with Crippen molar-refractivity contribution in [2.75, 3.05) is 0 Å². The lowest BCUT2D eigenvalue weighted by atomic mass is 9.42. The van der Waals surface area contributed by atoms with Crippen molar-refractivity contribution in [1.82, 2.24) is 0 Å². The summed E-state index contributed by atoms with van der Waals surface area (Å²) in [5.41, 5.74) is -3.22. The molecule has 0 spiro atoms. The van der Waals surface area contributed by atoms with Gasteiger partial charge in [-0.2, -0.15) is 0 Å². The zero-order valence-electron chi connectivity index (χ0n) is 25.1. The van der Waals surface area contributed by atoms with Crippen LogP contribution in [0.3, 0.4) is 0 Å². The molecule has 0 aromatic carbocycles. The van der Waals surface area contributed by atoms with Crippen LogP contribution in [0, 0.1) is 16.7 Å². The Hall–Kier alpha value is -2.12. The molecule has 2 heterocycles. The van der Waals surface area contributed by atoms with E-state index in [1.54, 1.807) is 13.0 Å². The number of fused-ring (bicyclic) bond motifs is 5. The highest BCUT2D eigenvalue weighted by molar-refractivity contribution is 5.66. The quantitative estimate of drug-likeness (QED) is 0.250. The maximum absolute atomic E-state index is 12.7. The minimum atomic E-state index is -1.57. The third-order valence-corrected chi connectivity index (χ3v) is 11.9. The highest BCUT2D eigenvalue weighted by Crippen LogP contribution is 2.71. The van der Waals surface area contributed by atoms with E-state index in [-0.39, 0.29) is 18.3 Å². The van der Waals surface area contributed by atoms with Crippen LogP contribution in [0.25, 0.3) is 0 Å². The molecule has 0 radical (unpaired) electrons. The van der Waals surface area contributed by atoms with Crippen molar-refractivity contribution in [3.05, 3.63) is 46.0 Å². The van der Waals surface area contributed by atoms with Crippen LogP contribution in [-0.2, 0) is 19.0 Å². The van der Waals surface area contributed by atoms with Crippen LogP contribution < -0.4 is 5.63 Å². The summed E-state index contributed by atoms with van der Waals surface area (Å²) in [5.74, 6) is -0.978. The fourth-order valence-electron chi connectivity index (χ4n) is 9.58. The summed E-state index contributed by atoms with van der Waals surface area (Å²) in [6, 6.07) is 3.12. The fraction of sp³-hybridized carbons (Fsp3) is 0.750. The predicted octanol–water partition coefficient (Wildman–Crippen LogP) is 1.67. The monoisotopic (exact) mass is 604 g/mol. The van der Waals surface area contributed by atoms with Gasteiger partial charge in [-0.1, -0.05) is 19.9 Å². The number of carbonyl (C=O) groups excluding carboxylic acids is 1. The van der Waals surface area contributed by atoms with Crippen LogP contribution in [0.15, 0.2) is 39.3 Å². The summed E-state index contributed by atoms with van der Waals surface area (Å²) >= 11 is 0. The molecular weight excluding hydrogens is 560 g/mol. The minimum absolute atomic E-state index is 0.0125. The molecule has 11 nitrogen and oxygen atoms in total. The number of hydrogen-bond donors (Lipinski definition) is 5. The second-order valence-electron chi connectivity index (χ2n) is 14.0. The van der Waals surface area contributed by atoms with Gasteiger partial charge in [-0.05, 0) is 79.9 Å².